The lowest BCUT2D eigenvalue weighted by Gasteiger charge is -2.02. The molecule has 2 aromatic rings. The molecule has 1 heterocycles. The summed E-state index contributed by atoms with van der Waals surface area (Å²) in [7, 11) is 0. The third-order valence-electron chi connectivity index (χ3n) is 2.54. The van der Waals surface area contributed by atoms with Crippen LogP contribution in [0.4, 0.5) is 0 Å². The quantitative estimate of drug-likeness (QED) is 0.776. The summed E-state index contributed by atoms with van der Waals surface area (Å²) in [4.78, 5) is 15.5. The molecular weight excluding hydrogens is 230 g/mol. The topological polar surface area (TPSA) is 52.3 Å². The molecule has 0 N–H and O–H groups in total. The van der Waals surface area contributed by atoms with Crippen molar-refractivity contribution in [2.75, 3.05) is 6.61 Å². The Kier molecular flexibility index (Phi) is 3.46. The first-order valence-corrected chi connectivity index (χ1v) is 5.83. The van der Waals surface area contributed by atoms with Crippen molar-refractivity contribution in [3.63, 3.8) is 0 Å². The number of rotatable bonds is 4. The summed E-state index contributed by atoms with van der Waals surface area (Å²) in [6, 6.07) is 7.43. The van der Waals surface area contributed by atoms with Crippen LogP contribution in [0.15, 0.2) is 28.7 Å². The molecule has 0 amide bonds. The molecule has 0 saturated heterocycles. The lowest BCUT2D eigenvalue weighted by Crippen LogP contribution is -1.94. The molecule has 0 radical (unpaired) electrons. The number of oxazole rings is 1. The zero-order valence-corrected chi connectivity index (χ0v) is 10.7. The Balaban J connectivity index is 2.31. The van der Waals surface area contributed by atoms with Gasteiger partial charge < -0.3 is 9.15 Å². The molecule has 94 valence electrons. The maximum Gasteiger partial charge on any atom is 0.226 e. The molecule has 0 unspecified atom stereocenters. The summed E-state index contributed by atoms with van der Waals surface area (Å²) >= 11 is 0. The van der Waals surface area contributed by atoms with Crippen molar-refractivity contribution in [1.29, 1.82) is 0 Å². The van der Waals surface area contributed by atoms with Gasteiger partial charge in [-0.1, -0.05) is 0 Å². The van der Waals surface area contributed by atoms with Crippen LogP contribution in [-0.2, 0) is 0 Å². The van der Waals surface area contributed by atoms with Gasteiger partial charge in [0, 0.05) is 12.5 Å². The lowest BCUT2D eigenvalue weighted by molar-refractivity contribution is 0.101. The fraction of sp³-hybridized carbons (Fsp3) is 0.286. The molecule has 0 fully saturated rings. The number of hydrogen-bond acceptors (Lipinski definition) is 4. The van der Waals surface area contributed by atoms with Crippen molar-refractivity contribution in [2.45, 2.75) is 20.8 Å². The summed E-state index contributed by atoms with van der Waals surface area (Å²) in [5.74, 6) is 1.72. The molecule has 2 rings (SSSR count). The van der Waals surface area contributed by atoms with Crippen molar-refractivity contribution >= 4 is 5.78 Å². The molecule has 0 aliphatic rings. The summed E-state index contributed by atoms with van der Waals surface area (Å²) < 4.78 is 10.8. The van der Waals surface area contributed by atoms with Crippen LogP contribution in [-0.4, -0.2) is 17.4 Å². The van der Waals surface area contributed by atoms with Gasteiger partial charge in [-0.3, -0.25) is 4.79 Å². The van der Waals surface area contributed by atoms with Gasteiger partial charge in [0.05, 0.1) is 6.61 Å². The van der Waals surface area contributed by atoms with Crippen LogP contribution in [0.3, 0.4) is 0 Å². The molecule has 18 heavy (non-hydrogen) atoms. The van der Waals surface area contributed by atoms with E-state index in [1.165, 1.54) is 6.92 Å². The van der Waals surface area contributed by atoms with Gasteiger partial charge in [-0.2, -0.15) is 0 Å². The maximum absolute atomic E-state index is 11.3. The van der Waals surface area contributed by atoms with Crippen LogP contribution < -0.4 is 4.74 Å². The molecule has 0 atom stereocenters. The number of ether oxygens (including phenoxy) is 1. The second kappa shape index (κ2) is 5.04. The van der Waals surface area contributed by atoms with E-state index in [2.05, 4.69) is 4.98 Å². The van der Waals surface area contributed by atoms with Gasteiger partial charge in [-0.05, 0) is 38.1 Å². The number of aryl methyl sites for hydroxylation is 1. The van der Waals surface area contributed by atoms with Crippen molar-refractivity contribution in [2.24, 2.45) is 0 Å². The van der Waals surface area contributed by atoms with Gasteiger partial charge in [-0.25, -0.2) is 4.98 Å². The fourth-order valence-electron chi connectivity index (χ4n) is 1.71. The molecule has 0 aliphatic carbocycles. The van der Waals surface area contributed by atoms with Gasteiger partial charge in [0.2, 0.25) is 5.89 Å². The van der Waals surface area contributed by atoms with Gasteiger partial charge >= 0.3 is 0 Å². The number of hydrogen-bond donors (Lipinski definition) is 0. The number of aromatic nitrogens is 1. The van der Waals surface area contributed by atoms with E-state index in [0.29, 0.717) is 24.0 Å². The second-order valence-electron chi connectivity index (χ2n) is 3.94. The van der Waals surface area contributed by atoms with Crippen LogP contribution in [0.25, 0.3) is 11.5 Å². The Morgan fingerprint density at radius 1 is 1.33 bits per heavy atom. The zero-order chi connectivity index (χ0) is 13.1. The van der Waals surface area contributed by atoms with Gasteiger partial charge in [0.15, 0.2) is 5.78 Å². The normalized spacial score (nSPS) is 10.4. The molecule has 4 nitrogen and oxygen atoms in total. The summed E-state index contributed by atoms with van der Waals surface area (Å²) in [6.07, 6.45) is 0. The summed E-state index contributed by atoms with van der Waals surface area (Å²) in [5, 5.41) is 0. The highest BCUT2D eigenvalue weighted by Gasteiger charge is 2.14. The monoisotopic (exact) mass is 245 g/mol. The van der Waals surface area contributed by atoms with Crippen molar-refractivity contribution < 1.29 is 13.9 Å². The van der Waals surface area contributed by atoms with E-state index in [0.717, 1.165) is 11.3 Å². The van der Waals surface area contributed by atoms with Crippen LogP contribution >= 0.6 is 0 Å². The first kappa shape index (κ1) is 12.4. The number of nitrogens with zero attached hydrogens (tertiary/aromatic N) is 1. The Bertz CT molecular complexity index is 555. The van der Waals surface area contributed by atoms with Crippen LogP contribution in [0, 0.1) is 6.92 Å². The van der Waals surface area contributed by atoms with Gasteiger partial charge in [0.25, 0.3) is 0 Å². The second-order valence-corrected chi connectivity index (χ2v) is 3.94. The van der Waals surface area contributed by atoms with Crippen LogP contribution in [0.1, 0.15) is 30.1 Å². The number of benzene rings is 1. The predicted octanol–water partition coefficient (Wildman–Crippen LogP) is 3.25. The van der Waals surface area contributed by atoms with Crippen LogP contribution in [0.2, 0.25) is 0 Å². The number of Topliss-reactive ketones (excluding diaryl/α,β-unsaturated/α-hetero) is 1. The Labute approximate surface area is 106 Å². The molecule has 0 saturated carbocycles. The Morgan fingerprint density at radius 2 is 2.00 bits per heavy atom. The highest BCUT2D eigenvalue weighted by molar-refractivity contribution is 5.93. The standard InChI is InChI=1S/C14H15NO3/c1-4-17-12-7-5-11(6-8-12)14-15-13(9(2)16)10(3)18-14/h5-8H,4H2,1-3H3. The van der Waals surface area contributed by atoms with E-state index < -0.39 is 0 Å². The van der Waals surface area contributed by atoms with Crippen molar-refractivity contribution in [1.82, 2.24) is 4.98 Å². The van der Waals surface area contributed by atoms with Gasteiger partial charge in [0.1, 0.15) is 17.2 Å². The van der Waals surface area contributed by atoms with E-state index in [-0.39, 0.29) is 5.78 Å². The smallest absolute Gasteiger partial charge is 0.226 e. The minimum absolute atomic E-state index is 0.0894. The average Bonchev–Trinajstić information content (AvgIpc) is 2.73. The first-order valence-electron chi connectivity index (χ1n) is 5.83. The molecule has 1 aromatic heterocycles. The summed E-state index contributed by atoms with van der Waals surface area (Å²) in [5.41, 5.74) is 1.22. The fourth-order valence-corrected chi connectivity index (χ4v) is 1.71. The third-order valence-corrected chi connectivity index (χ3v) is 2.54. The molecular formula is C14H15NO3. The number of carbonyl (C=O) groups excluding carboxylic acids is 1. The number of carbonyl (C=O) groups is 1. The van der Waals surface area contributed by atoms with E-state index in [1.54, 1.807) is 6.92 Å². The SMILES string of the molecule is CCOc1ccc(-c2nc(C(C)=O)c(C)o2)cc1. The largest absolute Gasteiger partial charge is 0.494 e. The number of ketones is 1. The molecule has 0 aliphatic heterocycles. The van der Waals surface area contributed by atoms with E-state index >= 15 is 0 Å². The van der Waals surface area contributed by atoms with Crippen molar-refractivity contribution in [3.05, 3.63) is 35.7 Å². The first-order chi connectivity index (χ1) is 8.61. The minimum atomic E-state index is -0.0894. The average molecular weight is 245 g/mol. The van der Waals surface area contributed by atoms with E-state index in [4.69, 9.17) is 9.15 Å². The molecule has 0 bridgehead atoms. The minimum Gasteiger partial charge on any atom is -0.494 e. The van der Waals surface area contributed by atoms with E-state index in [9.17, 15) is 4.79 Å². The molecule has 4 heteroatoms. The Hall–Kier alpha value is -2.10. The molecule has 1 aromatic carbocycles. The van der Waals surface area contributed by atoms with Crippen LogP contribution in [0.5, 0.6) is 5.75 Å². The highest BCUT2D eigenvalue weighted by atomic mass is 16.5. The Morgan fingerprint density at radius 3 is 2.50 bits per heavy atom. The lowest BCUT2D eigenvalue weighted by atomic mass is 10.2. The van der Waals surface area contributed by atoms with Gasteiger partial charge in [-0.15, -0.1) is 0 Å². The molecule has 0 spiro atoms. The summed E-state index contributed by atoms with van der Waals surface area (Å²) in [6.45, 7) is 5.78. The van der Waals surface area contributed by atoms with Crippen molar-refractivity contribution in [3.8, 4) is 17.2 Å². The highest BCUT2D eigenvalue weighted by Crippen LogP contribution is 2.24. The maximum atomic E-state index is 11.3. The zero-order valence-electron chi connectivity index (χ0n) is 10.7. The van der Waals surface area contributed by atoms with E-state index in [1.807, 2.05) is 31.2 Å². The predicted molar refractivity (Wildman–Crippen MR) is 67.8 cm³/mol. The third kappa shape index (κ3) is 2.42.